The lowest BCUT2D eigenvalue weighted by Crippen LogP contribution is -2.30. The summed E-state index contributed by atoms with van der Waals surface area (Å²) in [6, 6.07) is 12.4. The van der Waals surface area contributed by atoms with Crippen molar-refractivity contribution in [3.8, 4) is 17.6 Å². The first-order valence-electron chi connectivity index (χ1n) is 11.3. The van der Waals surface area contributed by atoms with E-state index in [0.717, 1.165) is 12.1 Å². The maximum atomic E-state index is 15.3. The van der Waals surface area contributed by atoms with Gasteiger partial charge in [0.15, 0.2) is 11.6 Å². The van der Waals surface area contributed by atoms with Gasteiger partial charge in [0.1, 0.15) is 5.75 Å². The monoisotopic (exact) mass is 589 g/mol. The van der Waals surface area contributed by atoms with Crippen LogP contribution >= 0.6 is 15.9 Å². The Balaban J connectivity index is 1.76. The number of benzene rings is 3. The topological polar surface area (TPSA) is 111 Å². The van der Waals surface area contributed by atoms with Crippen LogP contribution in [0.15, 0.2) is 53.0 Å². The summed E-state index contributed by atoms with van der Waals surface area (Å²) in [5, 5.41) is 23.7. The summed E-state index contributed by atoms with van der Waals surface area (Å²) >= 11 is 3.16. The summed E-state index contributed by atoms with van der Waals surface area (Å²) in [6.45, 7) is 3.33. The summed E-state index contributed by atoms with van der Waals surface area (Å²) in [5.74, 6) is -2.28. The van der Waals surface area contributed by atoms with Crippen LogP contribution in [0.25, 0.3) is 0 Å². The molecule has 3 rings (SSSR count). The van der Waals surface area contributed by atoms with E-state index in [-0.39, 0.29) is 46.0 Å². The lowest BCUT2D eigenvalue weighted by molar-refractivity contribution is -0.115. The molecular weight excluding hydrogens is 567 g/mol. The highest BCUT2D eigenvalue weighted by atomic mass is 79.9. The molecule has 0 aliphatic heterocycles. The van der Waals surface area contributed by atoms with Crippen LogP contribution in [0.5, 0.6) is 11.5 Å². The van der Waals surface area contributed by atoms with Crippen molar-refractivity contribution in [1.29, 1.82) is 5.26 Å². The third kappa shape index (κ3) is 7.34. The third-order valence-electron chi connectivity index (χ3n) is 5.33. The number of hydrogen-bond acceptors (Lipinski definition) is 5. The Bertz CT molecular complexity index is 1410. The van der Waals surface area contributed by atoms with E-state index in [9.17, 15) is 23.5 Å². The molecule has 3 N–H and O–H groups in total. The van der Waals surface area contributed by atoms with Crippen LogP contribution in [0, 0.1) is 24.1 Å². The van der Waals surface area contributed by atoms with Crippen LogP contribution in [0.3, 0.4) is 0 Å². The quantitative estimate of drug-likeness (QED) is 0.292. The van der Waals surface area contributed by atoms with Gasteiger partial charge in [-0.25, -0.2) is 13.2 Å². The van der Waals surface area contributed by atoms with Crippen LogP contribution in [-0.2, 0) is 11.2 Å². The number of aryl methyl sites for hydroxylation is 1. The molecule has 0 radical (unpaired) electrons. The Morgan fingerprint density at radius 3 is 2.53 bits per heavy atom. The SMILES string of the molecule is Cc1cc(C(=O)NCC(C)O)ccc1NC(=O)Cc1ccc(Br)c(Oc2cc(C#N)cc(C(F)F)c2)c1F. The number of hydrogen-bond donors (Lipinski definition) is 3. The molecule has 3 aromatic carbocycles. The average Bonchev–Trinajstić information content (AvgIpc) is 2.87. The summed E-state index contributed by atoms with van der Waals surface area (Å²) in [6.07, 6.45) is -3.92. The summed E-state index contributed by atoms with van der Waals surface area (Å²) in [5.41, 5.74) is 0.814. The second kappa shape index (κ2) is 12.6. The highest BCUT2D eigenvalue weighted by Crippen LogP contribution is 2.36. The first kappa shape index (κ1) is 28.7. The number of anilines is 1. The van der Waals surface area contributed by atoms with Crippen molar-refractivity contribution in [2.75, 3.05) is 11.9 Å². The highest BCUT2D eigenvalue weighted by molar-refractivity contribution is 9.10. The van der Waals surface area contributed by atoms with Gasteiger partial charge < -0.3 is 20.5 Å². The minimum atomic E-state index is -2.86. The minimum absolute atomic E-state index is 0.0157. The lowest BCUT2D eigenvalue weighted by Gasteiger charge is -2.14. The molecule has 1 unspecified atom stereocenters. The third-order valence-corrected chi connectivity index (χ3v) is 5.96. The number of ether oxygens (including phenoxy) is 1. The van der Waals surface area contributed by atoms with Gasteiger partial charge in [0, 0.05) is 28.9 Å². The molecule has 0 aromatic heterocycles. The highest BCUT2D eigenvalue weighted by Gasteiger charge is 2.19. The van der Waals surface area contributed by atoms with Crippen molar-refractivity contribution in [1.82, 2.24) is 5.32 Å². The van der Waals surface area contributed by atoms with Crippen molar-refractivity contribution in [3.05, 3.63) is 86.6 Å². The van der Waals surface area contributed by atoms with Crippen molar-refractivity contribution < 1.29 is 32.6 Å². The molecule has 11 heteroatoms. The van der Waals surface area contributed by atoms with Gasteiger partial charge >= 0.3 is 0 Å². The standard InChI is InChI=1S/C27H23BrF3N3O4/c1-14-7-18(27(37)33-13-15(2)35)4-6-22(14)34-23(36)11-17-3-5-21(28)25(24(17)29)38-20-9-16(12-32)8-19(10-20)26(30)31/h3-10,15,26,35H,11,13H2,1-2H3,(H,33,37)(H,34,36). The van der Waals surface area contributed by atoms with E-state index in [0.29, 0.717) is 16.8 Å². The summed E-state index contributed by atoms with van der Waals surface area (Å²) in [4.78, 5) is 24.9. The van der Waals surface area contributed by atoms with Gasteiger partial charge in [-0.15, -0.1) is 0 Å². The normalized spacial score (nSPS) is 11.6. The number of rotatable bonds is 9. The lowest BCUT2D eigenvalue weighted by atomic mass is 10.1. The summed E-state index contributed by atoms with van der Waals surface area (Å²) < 4.78 is 47.4. The molecular formula is C27H23BrF3N3O4. The molecule has 1 atom stereocenters. The number of carbonyl (C=O) groups is 2. The molecule has 2 amide bonds. The van der Waals surface area contributed by atoms with E-state index in [2.05, 4.69) is 26.6 Å². The first-order chi connectivity index (χ1) is 18.0. The van der Waals surface area contributed by atoms with Crippen LogP contribution < -0.4 is 15.4 Å². The number of halogens is 4. The molecule has 7 nitrogen and oxygen atoms in total. The number of nitrogens with one attached hydrogen (secondary N) is 2. The number of nitriles is 1. The predicted octanol–water partition coefficient (Wildman–Crippen LogP) is 5.79. The zero-order chi connectivity index (χ0) is 28.0. The van der Waals surface area contributed by atoms with Gasteiger partial charge in [-0.05, 0) is 77.8 Å². The van der Waals surface area contributed by atoms with Gasteiger partial charge in [-0.3, -0.25) is 9.59 Å². The van der Waals surface area contributed by atoms with Crippen molar-refractivity contribution in [3.63, 3.8) is 0 Å². The van der Waals surface area contributed by atoms with E-state index >= 15 is 4.39 Å². The number of carbonyl (C=O) groups excluding carboxylic acids is 2. The Labute approximate surface area is 225 Å². The van der Waals surface area contributed by atoms with E-state index in [1.807, 2.05) is 0 Å². The zero-order valence-electron chi connectivity index (χ0n) is 20.3. The number of aliphatic hydroxyl groups excluding tert-OH is 1. The molecule has 0 bridgehead atoms. The maximum absolute atomic E-state index is 15.3. The van der Waals surface area contributed by atoms with Gasteiger partial charge in [0.25, 0.3) is 12.3 Å². The average molecular weight is 590 g/mol. The number of alkyl halides is 2. The summed E-state index contributed by atoms with van der Waals surface area (Å²) in [7, 11) is 0. The molecule has 0 aliphatic carbocycles. The fourth-order valence-corrected chi connectivity index (χ4v) is 3.83. The fourth-order valence-electron chi connectivity index (χ4n) is 3.45. The minimum Gasteiger partial charge on any atom is -0.453 e. The first-order valence-corrected chi connectivity index (χ1v) is 12.1. The second-order valence-electron chi connectivity index (χ2n) is 8.47. The zero-order valence-corrected chi connectivity index (χ0v) is 21.9. The van der Waals surface area contributed by atoms with Crippen LogP contribution in [-0.4, -0.2) is 29.6 Å². The van der Waals surface area contributed by atoms with E-state index in [1.165, 1.54) is 24.3 Å². The Kier molecular flexibility index (Phi) is 9.50. The fraction of sp³-hybridized carbons (Fsp3) is 0.222. The number of aliphatic hydroxyl groups is 1. The molecule has 0 fully saturated rings. The number of nitrogens with zero attached hydrogens (tertiary/aromatic N) is 1. The largest absolute Gasteiger partial charge is 0.453 e. The van der Waals surface area contributed by atoms with E-state index in [4.69, 9.17) is 10.00 Å². The molecule has 0 saturated heterocycles. The second-order valence-corrected chi connectivity index (χ2v) is 9.32. The Hall–Kier alpha value is -3.88. The number of amides is 2. The molecule has 3 aromatic rings. The van der Waals surface area contributed by atoms with Gasteiger partial charge in [0.05, 0.1) is 28.6 Å². The molecule has 198 valence electrons. The van der Waals surface area contributed by atoms with E-state index in [1.54, 1.807) is 32.0 Å². The molecule has 0 saturated carbocycles. The van der Waals surface area contributed by atoms with Crippen LogP contribution in [0.4, 0.5) is 18.9 Å². The van der Waals surface area contributed by atoms with Gasteiger partial charge in [0.2, 0.25) is 5.91 Å². The smallest absolute Gasteiger partial charge is 0.264 e. The van der Waals surface area contributed by atoms with Crippen molar-refractivity contribution >= 4 is 33.4 Å². The van der Waals surface area contributed by atoms with Crippen LogP contribution in [0.1, 0.15) is 46.0 Å². The molecule has 0 heterocycles. The van der Waals surface area contributed by atoms with Gasteiger partial charge in [-0.2, -0.15) is 5.26 Å². The maximum Gasteiger partial charge on any atom is 0.264 e. The van der Waals surface area contributed by atoms with Gasteiger partial charge in [-0.1, -0.05) is 6.07 Å². The van der Waals surface area contributed by atoms with E-state index < -0.39 is 29.8 Å². The Morgan fingerprint density at radius 2 is 1.89 bits per heavy atom. The molecule has 0 spiro atoms. The predicted molar refractivity (Wildman–Crippen MR) is 138 cm³/mol. The van der Waals surface area contributed by atoms with Crippen molar-refractivity contribution in [2.24, 2.45) is 0 Å². The van der Waals surface area contributed by atoms with Crippen molar-refractivity contribution in [2.45, 2.75) is 32.8 Å². The Morgan fingerprint density at radius 1 is 1.16 bits per heavy atom. The molecule has 0 aliphatic rings. The van der Waals surface area contributed by atoms with Crippen LogP contribution in [0.2, 0.25) is 0 Å². The molecule has 38 heavy (non-hydrogen) atoms.